The zero-order valence-corrected chi connectivity index (χ0v) is 13.0. The maximum Gasteiger partial charge on any atom is 0.333 e. The van der Waals surface area contributed by atoms with Crippen molar-refractivity contribution >= 4 is 23.0 Å². The number of likely N-dealkylation sites (N-methyl/N-ethyl adjacent to an activating group) is 1. The molecule has 0 aromatic carbocycles. The molecule has 0 aliphatic rings. The van der Waals surface area contributed by atoms with E-state index in [-0.39, 0.29) is 23.0 Å². The van der Waals surface area contributed by atoms with E-state index in [2.05, 4.69) is 6.58 Å². The van der Waals surface area contributed by atoms with Crippen molar-refractivity contribution < 1.29 is 9.53 Å². The van der Waals surface area contributed by atoms with Crippen LogP contribution in [0.4, 0.5) is 0 Å². The molecule has 98 valence electrons. The monoisotopic (exact) mass is 296 g/mol. The van der Waals surface area contributed by atoms with Gasteiger partial charge in [0.25, 0.3) is 0 Å². The maximum absolute atomic E-state index is 10.8. The van der Waals surface area contributed by atoms with E-state index in [1.165, 1.54) is 0 Å². The van der Waals surface area contributed by atoms with E-state index in [9.17, 15) is 4.79 Å². The summed E-state index contributed by atoms with van der Waals surface area (Å²) in [7, 11) is 9.85. The number of ether oxygens (including phenoxy) is 1. The summed E-state index contributed by atoms with van der Waals surface area (Å²) in [6.45, 7) is 6.28. The highest BCUT2D eigenvalue weighted by molar-refractivity contribution is 8.93. The first-order chi connectivity index (χ1) is 6.77. The van der Waals surface area contributed by atoms with Crippen molar-refractivity contribution in [2.75, 3.05) is 48.4 Å². The molecule has 0 fully saturated rings. The smallest absolute Gasteiger partial charge is 0.333 e. The second-order valence-electron chi connectivity index (χ2n) is 4.06. The molecular weight excluding hydrogens is 272 g/mol. The Morgan fingerprint density at radius 3 is 1.81 bits per heavy atom. The standard InChI is InChI=1S/C8H15NO2.C3H9N.BrH/c1-7(2)8(10)11-6-5-9(3)4;1-4(2)3;/h1,5-6H2,2-4H3;1-3H3;1H. The van der Waals surface area contributed by atoms with Crippen LogP contribution in [0, 0.1) is 0 Å². The van der Waals surface area contributed by atoms with Gasteiger partial charge in [-0.3, -0.25) is 0 Å². The summed E-state index contributed by atoms with van der Waals surface area (Å²) >= 11 is 0. The van der Waals surface area contributed by atoms with Crippen LogP contribution in [-0.2, 0) is 9.53 Å². The Morgan fingerprint density at radius 1 is 1.19 bits per heavy atom. The predicted molar refractivity (Wildman–Crippen MR) is 74.3 cm³/mol. The molecule has 0 heterocycles. The number of rotatable bonds is 4. The summed E-state index contributed by atoms with van der Waals surface area (Å²) in [5, 5.41) is 0. The van der Waals surface area contributed by atoms with Gasteiger partial charge in [-0.25, -0.2) is 4.79 Å². The number of halogens is 1. The Kier molecular flexibility index (Phi) is 16.6. The molecule has 0 saturated carbocycles. The fraction of sp³-hybridized carbons (Fsp3) is 0.727. The van der Waals surface area contributed by atoms with Crippen LogP contribution in [0.25, 0.3) is 0 Å². The molecule has 4 nitrogen and oxygen atoms in total. The van der Waals surface area contributed by atoms with Gasteiger partial charge in [-0.05, 0) is 42.2 Å². The number of nitrogens with zero attached hydrogens (tertiary/aromatic N) is 2. The van der Waals surface area contributed by atoms with E-state index < -0.39 is 0 Å². The molecule has 0 saturated heterocycles. The van der Waals surface area contributed by atoms with E-state index >= 15 is 0 Å². The van der Waals surface area contributed by atoms with E-state index in [4.69, 9.17) is 4.74 Å². The zero-order valence-electron chi connectivity index (χ0n) is 11.2. The first kappa shape index (κ1) is 21.0. The van der Waals surface area contributed by atoms with Crippen LogP contribution in [-0.4, -0.2) is 64.2 Å². The van der Waals surface area contributed by atoms with Crippen LogP contribution in [0.15, 0.2) is 12.2 Å². The Hall–Kier alpha value is -0.390. The first-order valence-corrected chi connectivity index (χ1v) is 4.85. The third-order valence-electron chi connectivity index (χ3n) is 1.12. The maximum atomic E-state index is 10.8. The van der Waals surface area contributed by atoms with Gasteiger partial charge in [0.1, 0.15) is 6.61 Å². The van der Waals surface area contributed by atoms with Gasteiger partial charge in [0.2, 0.25) is 0 Å². The largest absolute Gasteiger partial charge is 0.461 e. The minimum Gasteiger partial charge on any atom is -0.461 e. The van der Waals surface area contributed by atoms with Crippen molar-refractivity contribution in [3.05, 3.63) is 12.2 Å². The highest BCUT2D eigenvalue weighted by Gasteiger charge is 2.01. The summed E-state index contributed by atoms with van der Waals surface area (Å²) in [5.41, 5.74) is 0.448. The van der Waals surface area contributed by atoms with Crippen molar-refractivity contribution in [1.82, 2.24) is 9.80 Å². The van der Waals surface area contributed by atoms with Gasteiger partial charge in [0.15, 0.2) is 0 Å². The number of carbonyl (C=O) groups excluding carboxylic acids is 1. The normalized spacial score (nSPS) is 9.00. The minimum atomic E-state index is -0.313. The Labute approximate surface area is 110 Å². The topological polar surface area (TPSA) is 32.8 Å². The summed E-state index contributed by atoms with van der Waals surface area (Å²) in [5.74, 6) is -0.313. The third-order valence-corrected chi connectivity index (χ3v) is 1.12. The van der Waals surface area contributed by atoms with Gasteiger partial charge in [-0.2, -0.15) is 0 Å². The van der Waals surface area contributed by atoms with Gasteiger partial charge in [0.05, 0.1) is 0 Å². The highest BCUT2D eigenvalue weighted by atomic mass is 79.9. The van der Waals surface area contributed by atoms with Gasteiger partial charge in [-0.1, -0.05) is 6.58 Å². The van der Waals surface area contributed by atoms with Gasteiger partial charge < -0.3 is 14.5 Å². The van der Waals surface area contributed by atoms with Crippen molar-refractivity contribution in [1.29, 1.82) is 0 Å². The molecule has 0 radical (unpaired) electrons. The molecule has 0 amide bonds. The van der Waals surface area contributed by atoms with Crippen molar-refractivity contribution in [2.45, 2.75) is 6.92 Å². The lowest BCUT2D eigenvalue weighted by atomic mass is 10.4. The van der Waals surface area contributed by atoms with Crippen molar-refractivity contribution in [3.8, 4) is 0 Å². The zero-order chi connectivity index (χ0) is 12.4. The van der Waals surface area contributed by atoms with Crippen LogP contribution < -0.4 is 0 Å². The van der Waals surface area contributed by atoms with Crippen LogP contribution >= 0.6 is 17.0 Å². The van der Waals surface area contributed by atoms with Gasteiger partial charge >= 0.3 is 5.97 Å². The average molecular weight is 297 g/mol. The Bertz CT molecular complexity index is 192. The van der Waals surface area contributed by atoms with Gasteiger partial charge in [-0.15, -0.1) is 17.0 Å². The molecule has 5 heteroatoms. The molecule has 16 heavy (non-hydrogen) atoms. The van der Waals surface area contributed by atoms with Crippen molar-refractivity contribution in [3.63, 3.8) is 0 Å². The Balaban J connectivity index is -0.000000292. The van der Waals surface area contributed by atoms with E-state index in [0.717, 1.165) is 6.54 Å². The molecule has 0 aromatic rings. The highest BCUT2D eigenvalue weighted by Crippen LogP contribution is 1.91. The molecule has 0 aromatic heterocycles. The fourth-order valence-corrected chi connectivity index (χ4v) is 0.444. The first-order valence-electron chi connectivity index (χ1n) is 4.85. The molecule has 0 unspecified atom stereocenters. The Morgan fingerprint density at radius 2 is 1.56 bits per heavy atom. The minimum absolute atomic E-state index is 0. The summed E-state index contributed by atoms with van der Waals surface area (Å²) in [4.78, 5) is 14.7. The number of hydrogen-bond acceptors (Lipinski definition) is 4. The molecule has 0 aliphatic carbocycles. The molecular formula is C11H25BrN2O2. The van der Waals surface area contributed by atoms with Gasteiger partial charge in [0, 0.05) is 12.1 Å². The summed E-state index contributed by atoms with van der Waals surface area (Å²) in [6.07, 6.45) is 0. The lowest BCUT2D eigenvalue weighted by molar-refractivity contribution is -0.139. The third kappa shape index (κ3) is 23.4. The SMILES string of the molecule is Br.C=C(C)C(=O)OCCN(C)C.CN(C)C. The molecule has 0 aliphatic heterocycles. The number of carbonyl (C=O) groups is 1. The molecule has 0 atom stereocenters. The fourth-order valence-electron chi connectivity index (χ4n) is 0.444. The predicted octanol–water partition coefficient (Wildman–Crippen LogP) is 1.42. The van der Waals surface area contributed by atoms with Crippen LogP contribution in [0.1, 0.15) is 6.92 Å². The van der Waals surface area contributed by atoms with Crippen LogP contribution in [0.5, 0.6) is 0 Å². The summed E-state index contributed by atoms with van der Waals surface area (Å²) < 4.78 is 4.83. The quantitative estimate of drug-likeness (QED) is 0.580. The van der Waals surface area contributed by atoms with E-state index in [1.807, 2.05) is 45.0 Å². The molecule has 0 N–H and O–H groups in total. The molecule has 0 spiro atoms. The number of esters is 1. The van der Waals surface area contributed by atoms with Crippen LogP contribution in [0.3, 0.4) is 0 Å². The van der Waals surface area contributed by atoms with Crippen LogP contribution in [0.2, 0.25) is 0 Å². The summed E-state index contributed by atoms with van der Waals surface area (Å²) in [6, 6.07) is 0. The average Bonchev–Trinajstić information content (AvgIpc) is 2.01. The second kappa shape index (κ2) is 12.7. The van der Waals surface area contributed by atoms with E-state index in [1.54, 1.807) is 6.92 Å². The lowest BCUT2D eigenvalue weighted by Crippen LogP contribution is -2.20. The molecule has 0 bridgehead atoms. The number of hydrogen-bond donors (Lipinski definition) is 0. The lowest BCUT2D eigenvalue weighted by Gasteiger charge is -2.09. The van der Waals surface area contributed by atoms with E-state index in [0.29, 0.717) is 12.2 Å². The molecule has 0 rings (SSSR count). The van der Waals surface area contributed by atoms with Crippen molar-refractivity contribution in [2.24, 2.45) is 0 Å². The second-order valence-corrected chi connectivity index (χ2v) is 4.06.